The van der Waals surface area contributed by atoms with E-state index >= 15 is 0 Å². The molecule has 31 heavy (non-hydrogen) atoms. The summed E-state index contributed by atoms with van der Waals surface area (Å²) in [5.41, 5.74) is 3.96. The Morgan fingerprint density at radius 1 is 1.03 bits per heavy atom. The van der Waals surface area contributed by atoms with Crippen LogP contribution in [0.1, 0.15) is 63.9 Å². The Morgan fingerprint density at radius 2 is 1.74 bits per heavy atom. The maximum Gasteiger partial charge on any atom is 0.267 e. The molecule has 0 radical (unpaired) electrons. The summed E-state index contributed by atoms with van der Waals surface area (Å²) >= 11 is 1.37. The lowest BCUT2D eigenvalue weighted by Crippen LogP contribution is -2.33. The fraction of sp³-hybridized carbons (Fsp3) is 0.320. The summed E-state index contributed by atoms with van der Waals surface area (Å²) < 4.78 is 0. The van der Waals surface area contributed by atoms with Gasteiger partial charge in [-0.1, -0.05) is 56.2 Å². The number of benzene rings is 2. The number of thiazole rings is 1. The Balaban J connectivity index is 1.52. The minimum Gasteiger partial charge on any atom is -0.349 e. The molecule has 1 aliphatic carbocycles. The van der Waals surface area contributed by atoms with Crippen LogP contribution in [-0.2, 0) is 6.42 Å². The van der Waals surface area contributed by atoms with Crippen molar-refractivity contribution in [2.24, 2.45) is 0 Å². The number of aryl methyl sites for hydroxylation is 2. The van der Waals surface area contributed by atoms with Crippen LogP contribution in [0, 0.1) is 6.92 Å². The van der Waals surface area contributed by atoms with Crippen molar-refractivity contribution < 1.29 is 9.59 Å². The fourth-order valence-electron chi connectivity index (χ4n) is 3.92. The monoisotopic (exact) mass is 433 g/mol. The highest BCUT2D eigenvalue weighted by molar-refractivity contribution is 7.17. The van der Waals surface area contributed by atoms with Crippen LogP contribution in [0.5, 0.6) is 0 Å². The van der Waals surface area contributed by atoms with Crippen molar-refractivity contribution in [3.8, 4) is 10.6 Å². The maximum absolute atomic E-state index is 13.0. The molecular formula is C25H27N3O2S. The number of hydrogen-bond donors (Lipinski definition) is 2. The van der Waals surface area contributed by atoms with Gasteiger partial charge >= 0.3 is 0 Å². The second-order valence-corrected chi connectivity index (χ2v) is 8.94. The van der Waals surface area contributed by atoms with Crippen molar-refractivity contribution in [1.82, 2.24) is 10.3 Å². The molecule has 4 rings (SSSR count). The summed E-state index contributed by atoms with van der Waals surface area (Å²) in [6.45, 7) is 3.96. The summed E-state index contributed by atoms with van der Waals surface area (Å²) in [6.07, 6.45) is 5.32. The van der Waals surface area contributed by atoms with E-state index in [1.165, 1.54) is 16.9 Å². The van der Waals surface area contributed by atoms with Crippen molar-refractivity contribution in [2.75, 3.05) is 5.32 Å². The number of rotatable bonds is 6. The minimum absolute atomic E-state index is 0.138. The third-order valence-electron chi connectivity index (χ3n) is 5.72. The predicted octanol–water partition coefficient (Wildman–Crippen LogP) is 5.61. The van der Waals surface area contributed by atoms with E-state index in [1.807, 2.05) is 31.2 Å². The normalized spacial score (nSPS) is 13.9. The smallest absolute Gasteiger partial charge is 0.267 e. The molecule has 0 bridgehead atoms. The van der Waals surface area contributed by atoms with Gasteiger partial charge in [-0.05, 0) is 43.9 Å². The molecule has 1 saturated carbocycles. The zero-order valence-electron chi connectivity index (χ0n) is 17.9. The number of nitrogens with zero attached hydrogens (tertiary/aromatic N) is 1. The molecule has 0 spiro atoms. The van der Waals surface area contributed by atoms with E-state index in [0.29, 0.717) is 21.8 Å². The molecule has 1 aromatic heterocycles. The van der Waals surface area contributed by atoms with E-state index in [9.17, 15) is 9.59 Å². The van der Waals surface area contributed by atoms with Gasteiger partial charge in [0.2, 0.25) is 0 Å². The van der Waals surface area contributed by atoms with Gasteiger partial charge in [0, 0.05) is 11.6 Å². The van der Waals surface area contributed by atoms with Crippen LogP contribution >= 0.6 is 11.3 Å². The van der Waals surface area contributed by atoms with Gasteiger partial charge in [-0.3, -0.25) is 9.59 Å². The summed E-state index contributed by atoms with van der Waals surface area (Å²) in [4.78, 5) is 31.0. The Hall–Kier alpha value is -2.99. The largest absolute Gasteiger partial charge is 0.349 e. The van der Waals surface area contributed by atoms with Crippen LogP contribution in [0.3, 0.4) is 0 Å². The average Bonchev–Trinajstić information content (AvgIpc) is 3.43. The Bertz CT molecular complexity index is 1080. The molecule has 1 aliphatic rings. The lowest BCUT2D eigenvalue weighted by Gasteiger charge is -2.14. The van der Waals surface area contributed by atoms with Gasteiger partial charge in [-0.2, -0.15) is 0 Å². The molecule has 3 aromatic rings. The Morgan fingerprint density at radius 3 is 2.45 bits per heavy atom. The summed E-state index contributed by atoms with van der Waals surface area (Å²) in [7, 11) is 0. The number of amides is 2. The fourth-order valence-corrected chi connectivity index (χ4v) is 4.88. The van der Waals surface area contributed by atoms with Gasteiger partial charge in [0.05, 0.1) is 16.9 Å². The highest BCUT2D eigenvalue weighted by Gasteiger charge is 2.22. The molecule has 160 valence electrons. The lowest BCUT2D eigenvalue weighted by atomic mass is 10.1. The van der Waals surface area contributed by atoms with Crippen molar-refractivity contribution >= 4 is 28.8 Å². The number of aromatic nitrogens is 1. The van der Waals surface area contributed by atoms with Gasteiger partial charge in [0.25, 0.3) is 11.8 Å². The number of para-hydroxylation sites is 1. The maximum atomic E-state index is 13.0. The molecule has 0 unspecified atom stereocenters. The molecule has 2 N–H and O–H groups in total. The number of carbonyl (C=O) groups excluding carboxylic acids is 2. The van der Waals surface area contributed by atoms with Crippen molar-refractivity contribution in [3.63, 3.8) is 0 Å². The van der Waals surface area contributed by atoms with Crippen molar-refractivity contribution in [1.29, 1.82) is 0 Å². The summed E-state index contributed by atoms with van der Waals surface area (Å²) in [6, 6.07) is 15.6. The second kappa shape index (κ2) is 9.43. The first-order valence-electron chi connectivity index (χ1n) is 10.8. The zero-order chi connectivity index (χ0) is 21.8. The molecule has 0 saturated heterocycles. The summed E-state index contributed by atoms with van der Waals surface area (Å²) in [5, 5.41) is 6.84. The standard InChI is InChI=1S/C25H27N3O2S/c1-3-17-12-14-18(15-13-17)25-26-16(2)22(31-25)24(30)28-21-11-7-6-10-20(21)23(29)27-19-8-4-5-9-19/h6-7,10-15,19H,3-5,8-9H2,1-2H3,(H,27,29)(H,28,30). The molecule has 2 aromatic carbocycles. The van der Waals surface area contributed by atoms with Crippen LogP contribution in [0.4, 0.5) is 5.69 Å². The number of anilines is 1. The molecular weight excluding hydrogens is 406 g/mol. The van der Waals surface area contributed by atoms with Crippen LogP contribution < -0.4 is 10.6 Å². The molecule has 2 amide bonds. The van der Waals surface area contributed by atoms with Gasteiger partial charge in [0.15, 0.2) is 0 Å². The van der Waals surface area contributed by atoms with Crippen molar-refractivity contribution in [2.45, 2.75) is 52.0 Å². The molecule has 5 nitrogen and oxygen atoms in total. The molecule has 0 aliphatic heterocycles. The third-order valence-corrected chi connectivity index (χ3v) is 6.93. The van der Waals surface area contributed by atoms with Crippen LogP contribution in [0.25, 0.3) is 10.6 Å². The topological polar surface area (TPSA) is 71.1 Å². The van der Waals surface area contributed by atoms with Crippen molar-refractivity contribution in [3.05, 3.63) is 70.2 Å². The zero-order valence-corrected chi connectivity index (χ0v) is 18.7. The molecule has 1 fully saturated rings. The van der Waals surface area contributed by atoms with Crippen LogP contribution in [0.2, 0.25) is 0 Å². The molecule has 6 heteroatoms. The number of hydrogen-bond acceptors (Lipinski definition) is 4. The van der Waals surface area contributed by atoms with E-state index in [2.05, 4.69) is 34.7 Å². The predicted molar refractivity (Wildman–Crippen MR) is 126 cm³/mol. The van der Waals surface area contributed by atoms with Crippen LogP contribution in [-0.4, -0.2) is 22.8 Å². The lowest BCUT2D eigenvalue weighted by molar-refractivity contribution is 0.0939. The van der Waals surface area contributed by atoms with Crippen LogP contribution in [0.15, 0.2) is 48.5 Å². The van der Waals surface area contributed by atoms with E-state index in [-0.39, 0.29) is 17.9 Å². The van der Waals surface area contributed by atoms with E-state index in [1.54, 1.807) is 12.1 Å². The van der Waals surface area contributed by atoms with Gasteiger partial charge in [0.1, 0.15) is 9.88 Å². The molecule has 1 heterocycles. The summed E-state index contributed by atoms with van der Waals surface area (Å²) in [5.74, 6) is -0.381. The van der Waals surface area contributed by atoms with Gasteiger partial charge in [-0.15, -0.1) is 11.3 Å². The first-order chi connectivity index (χ1) is 15.0. The van der Waals surface area contributed by atoms with E-state index < -0.39 is 0 Å². The van der Waals surface area contributed by atoms with Gasteiger partial charge in [-0.25, -0.2) is 4.98 Å². The highest BCUT2D eigenvalue weighted by Crippen LogP contribution is 2.29. The SMILES string of the molecule is CCc1ccc(-c2nc(C)c(C(=O)Nc3ccccc3C(=O)NC3CCCC3)s2)cc1. The Kier molecular flexibility index (Phi) is 6.47. The van der Waals surface area contributed by atoms with E-state index in [4.69, 9.17) is 0 Å². The highest BCUT2D eigenvalue weighted by atomic mass is 32.1. The quantitative estimate of drug-likeness (QED) is 0.531. The molecule has 0 atom stereocenters. The minimum atomic E-state index is -0.243. The second-order valence-electron chi connectivity index (χ2n) is 7.94. The van der Waals surface area contributed by atoms with E-state index in [0.717, 1.165) is 42.7 Å². The average molecular weight is 434 g/mol. The first-order valence-corrected chi connectivity index (χ1v) is 11.6. The number of nitrogens with one attached hydrogen (secondary N) is 2. The van der Waals surface area contributed by atoms with Gasteiger partial charge < -0.3 is 10.6 Å². The first kappa shape index (κ1) is 21.2. The number of carbonyl (C=O) groups is 2. The Labute approximate surface area is 186 Å². The third kappa shape index (κ3) is 4.85.